The molecule has 1 saturated carbocycles. The Labute approximate surface area is 96.1 Å². The molecule has 1 aromatic heterocycles. The van der Waals surface area contributed by atoms with Gasteiger partial charge in [-0.3, -0.25) is 0 Å². The van der Waals surface area contributed by atoms with E-state index in [2.05, 4.69) is 19.1 Å². The Morgan fingerprint density at radius 1 is 1.20 bits per heavy atom. The summed E-state index contributed by atoms with van der Waals surface area (Å²) < 4.78 is 0. The molecule has 1 nitrogen and oxygen atoms in total. The van der Waals surface area contributed by atoms with E-state index in [0.717, 1.165) is 0 Å². The van der Waals surface area contributed by atoms with Gasteiger partial charge in [0.15, 0.2) is 0 Å². The van der Waals surface area contributed by atoms with Gasteiger partial charge in [0.2, 0.25) is 0 Å². The minimum atomic E-state index is -0.207. The van der Waals surface area contributed by atoms with E-state index in [0.29, 0.717) is 5.92 Å². The smallest absolute Gasteiger partial charge is 0.0910 e. The zero-order valence-electron chi connectivity index (χ0n) is 9.41. The molecule has 1 fully saturated rings. The van der Waals surface area contributed by atoms with Crippen molar-refractivity contribution in [2.24, 2.45) is 5.92 Å². The highest BCUT2D eigenvalue weighted by molar-refractivity contribution is 7.12. The lowest BCUT2D eigenvalue weighted by atomic mass is 9.93. The van der Waals surface area contributed by atoms with E-state index in [-0.39, 0.29) is 6.10 Å². The predicted octanol–water partition coefficient (Wildman–Crippen LogP) is 4.06. The van der Waals surface area contributed by atoms with E-state index in [1.165, 1.54) is 48.3 Å². The molecule has 0 aromatic carbocycles. The Balaban J connectivity index is 2.02. The molecular formula is C13H20OS. The van der Waals surface area contributed by atoms with Crippen molar-refractivity contribution >= 4 is 11.3 Å². The van der Waals surface area contributed by atoms with Crippen LogP contribution in [0, 0.1) is 12.8 Å². The zero-order valence-corrected chi connectivity index (χ0v) is 10.2. The molecule has 2 rings (SSSR count). The SMILES string of the molecule is Cc1ccc(C(O)C2CCCCCC2)s1. The first-order valence-corrected chi connectivity index (χ1v) is 6.83. The standard InChI is InChI=1S/C13H20OS/c1-10-8-9-12(15-10)13(14)11-6-4-2-3-5-7-11/h8-9,11,13-14H,2-7H2,1H3. The summed E-state index contributed by atoms with van der Waals surface area (Å²) in [6.07, 6.45) is 7.51. The molecule has 1 heterocycles. The largest absolute Gasteiger partial charge is 0.387 e. The van der Waals surface area contributed by atoms with Gasteiger partial charge in [0.25, 0.3) is 0 Å². The van der Waals surface area contributed by atoms with Gasteiger partial charge in [-0.15, -0.1) is 11.3 Å². The lowest BCUT2D eigenvalue weighted by Gasteiger charge is -2.19. The van der Waals surface area contributed by atoms with Crippen molar-refractivity contribution in [3.63, 3.8) is 0 Å². The summed E-state index contributed by atoms with van der Waals surface area (Å²) in [4.78, 5) is 2.47. The van der Waals surface area contributed by atoms with E-state index >= 15 is 0 Å². The first-order valence-electron chi connectivity index (χ1n) is 6.02. The van der Waals surface area contributed by atoms with Crippen LogP contribution in [0.4, 0.5) is 0 Å². The third-order valence-corrected chi connectivity index (χ3v) is 4.47. The Kier molecular flexibility index (Phi) is 3.81. The normalized spacial score (nSPS) is 21.2. The minimum absolute atomic E-state index is 0.207. The highest BCUT2D eigenvalue weighted by Crippen LogP contribution is 2.35. The summed E-state index contributed by atoms with van der Waals surface area (Å²) in [5.41, 5.74) is 0. The first kappa shape index (κ1) is 11.2. The third-order valence-electron chi connectivity index (χ3n) is 3.40. The third kappa shape index (κ3) is 2.82. The van der Waals surface area contributed by atoms with Gasteiger partial charge in [0.05, 0.1) is 6.10 Å². The summed E-state index contributed by atoms with van der Waals surface area (Å²) >= 11 is 1.75. The van der Waals surface area contributed by atoms with Crippen LogP contribution in [0.5, 0.6) is 0 Å². The topological polar surface area (TPSA) is 20.2 Å². The fourth-order valence-corrected chi connectivity index (χ4v) is 3.43. The van der Waals surface area contributed by atoms with Crippen LogP contribution in [0.3, 0.4) is 0 Å². The van der Waals surface area contributed by atoms with Crippen molar-refractivity contribution in [1.82, 2.24) is 0 Å². The van der Waals surface area contributed by atoms with Crippen LogP contribution in [-0.4, -0.2) is 5.11 Å². The van der Waals surface area contributed by atoms with Gasteiger partial charge in [-0.1, -0.05) is 25.7 Å². The van der Waals surface area contributed by atoms with Crippen molar-refractivity contribution in [2.75, 3.05) is 0 Å². The second-order valence-corrected chi connectivity index (χ2v) is 5.96. The number of hydrogen-bond acceptors (Lipinski definition) is 2. The molecule has 0 amide bonds. The minimum Gasteiger partial charge on any atom is -0.387 e. The van der Waals surface area contributed by atoms with Gasteiger partial charge in [0.1, 0.15) is 0 Å². The number of aliphatic hydroxyl groups excluding tert-OH is 1. The Morgan fingerprint density at radius 2 is 1.87 bits per heavy atom. The molecule has 0 saturated heterocycles. The van der Waals surface area contributed by atoms with Gasteiger partial charge < -0.3 is 5.11 Å². The van der Waals surface area contributed by atoms with Crippen LogP contribution in [0.25, 0.3) is 0 Å². The Hall–Kier alpha value is -0.340. The maximum atomic E-state index is 10.3. The van der Waals surface area contributed by atoms with Crippen molar-refractivity contribution < 1.29 is 5.11 Å². The van der Waals surface area contributed by atoms with Gasteiger partial charge in [-0.05, 0) is 37.8 Å². The van der Waals surface area contributed by atoms with Gasteiger partial charge in [0, 0.05) is 9.75 Å². The lowest BCUT2D eigenvalue weighted by Crippen LogP contribution is -2.10. The number of aliphatic hydroxyl groups is 1. The molecule has 2 heteroatoms. The quantitative estimate of drug-likeness (QED) is 0.751. The number of aryl methyl sites for hydroxylation is 1. The maximum absolute atomic E-state index is 10.3. The van der Waals surface area contributed by atoms with E-state index in [9.17, 15) is 5.11 Å². The molecule has 1 atom stereocenters. The second-order valence-electron chi connectivity index (χ2n) is 4.64. The molecule has 1 unspecified atom stereocenters. The molecule has 0 radical (unpaired) electrons. The summed E-state index contributed by atoms with van der Waals surface area (Å²) in [5.74, 6) is 0.505. The molecular weight excluding hydrogens is 204 g/mol. The van der Waals surface area contributed by atoms with Crippen molar-refractivity contribution in [3.8, 4) is 0 Å². The average molecular weight is 224 g/mol. The lowest BCUT2D eigenvalue weighted by molar-refractivity contribution is 0.102. The molecule has 1 aliphatic rings. The van der Waals surface area contributed by atoms with Crippen LogP contribution in [0.1, 0.15) is 54.4 Å². The summed E-state index contributed by atoms with van der Waals surface area (Å²) in [6.45, 7) is 2.11. The Bertz CT molecular complexity index is 297. The molecule has 1 aromatic rings. The van der Waals surface area contributed by atoms with Crippen molar-refractivity contribution in [3.05, 3.63) is 21.9 Å². The molecule has 15 heavy (non-hydrogen) atoms. The van der Waals surface area contributed by atoms with E-state index in [1.54, 1.807) is 11.3 Å². The molecule has 0 spiro atoms. The maximum Gasteiger partial charge on any atom is 0.0910 e. The molecule has 1 N–H and O–H groups in total. The summed E-state index contributed by atoms with van der Waals surface area (Å²) in [6, 6.07) is 4.20. The molecule has 1 aliphatic carbocycles. The fourth-order valence-electron chi connectivity index (χ4n) is 2.47. The van der Waals surface area contributed by atoms with Crippen LogP contribution in [0.2, 0.25) is 0 Å². The Morgan fingerprint density at radius 3 is 2.40 bits per heavy atom. The molecule has 0 aliphatic heterocycles. The summed E-state index contributed by atoms with van der Waals surface area (Å²) in [7, 11) is 0. The fraction of sp³-hybridized carbons (Fsp3) is 0.692. The average Bonchev–Trinajstić information content (AvgIpc) is 2.53. The van der Waals surface area contributed by atoms with Gasteiger partial charge >= 0.3 is 0 Å². The van der Waals surface area contributed by atoms with Crippen LogP contribution in [-0.2, 0) is 0 Å². The van der Waals surface area contributed by atoms with Crippen LogP contribution in [0.15, 0.2) is 12.1 Å². The highest BCUT2D eigenvalue weighted by atomic mass is 32.1. The van der Waals surface area contributed by atoms with Crippen molar-refractivity contribution in [2.45, 2.75) is 51.6 Å². The predicted molar refractivity (Wildman–Crippen MR) is 65.2 cm³/mol. The van der Waals surface area contributed by atoms with Crippen LogP contribution >= 0.6 is 11.3 Å². The van der Waals surface area contributed by atoms with Gasteiger partial charge in [-0.2, -0.15) is 0 Å². The monoisotopic (exact) mass is 224 g/mol. The zero-order chi connectivity index (χ0) is 10.7. The molecule has 0 bridgehead atoms. The van der Waals surface area contributed by atoms with Crippen LogP contribution < -0.4 is 0 Å². The van der Waals surface area contributed by atoms with Crippen molar-refractivity contribution in [1.29, 1.82) is 0 Å². The highest BCUT2D eigenvalue weighted by Gasteiger charge is 2.22. The number of rotatable bonds is 2. The summed E-state index contributed by atoms with van der Waals surface area (Å²) in [5, 5.41) is 10.3. The second kappa shape index (κ2) is 5.13. The van der Waals surface area contributed by atoms with E-state index < -0.39 is 0 Å². The number of thiophene rings is 1. The van der Waals surface area contributed by atoms with E-state index in [4.69, 9.17) is 0 Å². The first-order chi connectivity index (χ1) is 7.27. The molecule has 84 valence electrons. The van der Waals surface area contributed by atoms with Gasteiger partial charge in [-0.25, -0.2) is 0 Å². The number of hydrogen-bond donors (Lipinski definition) is 1. The van der Waals surface area contributed by atoms with E-state index in [1.807, 2.05) is 0 Å².